The maximum absolute atomic E-state index is 10.7. The van der Waals surface area contributed by atoms with Gasteiger partial charge in [0.25, 0.3) is 0 Å². The molecule has 20 heavy (non-hydrogen) atoms. The number of rotatable bonds is 3. The van der Waals surface area contributed by atoms with Crippen LogP contribution >= 0.6 is 0 Å². The Balaban J connectivity index is 1.56. The van der Waals surface area contributed by atoms with E-state index in [4.69, 9.17) is 5.73 Å². The van der Waals surface area contributed by atoms with Crippen LogP contribution in [0.25, 0.3) is 0 Å². The lowest BCUT2D eigenvalue weighted by Gasteiger charge is -2.41. The highest BCUT2D eigenvalue weighted by Crippen LogP contribution is 2.28. The smallest absolute Gasteiger partial charge is 0.123 e. The summed E-state index contributed by atoms with van der Waals surface area (Å²) < 4.78 is 0. The molecule has 2 aliphatic heterocycles. The summed E-state index contributed by atoms with van der Waals surface area (Å²) in [5.74, 6) is 0.552. The third kappa shape index (κ3) is 3.04. The van der Waals surface area contributed by atoms with Gasteiger partial charge in [-0.2, -0.15) is 0 Å². The summed E-state index contributed by atoms with van der Waals surface area (Å²) in [7, 11) is 0. The van der Waals surface area contributed by atoms with Crippen LogP contribution in [0.1, 0.15) is 25.7 Å². The van der Waals surface area contributed by atoms with Crippen LogP contribution in [0, 0.1) is 0 Å². The molecule has 0 saturated carbocycles. The Morgan fingerprint density at radius 2 is 1.85 bits per heavy atom. The maximum Gasteiger partial charge on any atom is 0.123 e. The number of anilines is 2. The summed E-state index contributed by atoms with van der Waals surface area (Å²) >= 11 is 0. The van der Waals surface area contributed by atoms with Crippen LogP contribution in [0.2, 0.25) is 0 Å². The van der Waals surface area contributed by atoms with Crippen molar-refractivity contribution in [2.24, 2.45) is 0 Å². The Bertz CT molecular complexity index is 434. The van der Waals surface area contributed by atoms with E-state index in [1.54, 1.807) is 0 Å². The fourth-order valence-electron chi connectivity index (χ4n) is 3.28. The van der Waals surface area contributed by atoms with Crippen LogP contribution in [-0.4, -0.2) is 53.3 Å². The number of β-amino-alcohol motifs (C(OH)–C–C–N with tert-alkyl or cyclic N) is 1. The summed E-state index contributed by atoms with van der Waals surface area (Å²) in [5.41, 5.74) is 6.20. The van der Waals surface area contributed by atoms with Crippen LogP contribution in [0.4, 0.5) is 11.5 Å². The van der Waals surface area contributed by atoms with Crippen molar-refractivity contribution in [3.05, 3.63) is 18.3 Å². The highest BCUT2D eigenvalue weighted by atomic mass is 16.3. The second kappa shape index (κ2) is 5.58. The predicted octanol–water partition coefficient (Wildman–Crippen LogP) is 1.09. The van der Waals surface area contributed by atoms with Crippen molar-refractivity contribution in [1.82, 2.24) is 9.88 Å². The van der Waals surface area contributed by atoms with Gasteiger partial charge in [-0.3, -0.25) is 0 Å². The van der Waals surface area contributed by atoms with E-state index in [2.05, 4.69) is 14.8 Å². The van der Waals surface area contributed by atoms with E-state index in [0.717, 1.165) is 51.3 Å². The van der Waals surface area contributed by atoms with Gasteiger partial charge in [-0.25, -0.2) is 4.98 Å². The molecule has 3 N–H and O–H groups in total. The molecule has 3 heterocycles. The van der Waals surface area contributed by atoms with E-state index in [1.165, 1.54) is 12.8 Å². The molecule has 2 aliphatic rings. The molecule has 0 unspecified atom stereocenters. The van der Waals surface area contributed by atoms with Gasteiger partial charge in [-0.1, -0.05) is 0 Å². The number of nitrogens with zero attached hydrogens (tertiary/aromatic N) is 3. The first-order valence-corrected chi connectivity index (χ1v) is 7.56. The van der Waals surface area contributed by atoms with Crippen molar-refractivity contribution in [1.29, 1.82) is 0 Å². The summed E-state index contributed by atoms with van der Waals surface area (Å²) in [4.78, 5) is 8.83. The Kier molecular flexibility index (Phi) is 3.81. The number of nitrogens with two attached hydrogens (primary N) is 1. The van der Waals surface area contributed by atoms with Crippen molar-refractivity contribution in [3.8, 4) is 0 Å². The van der Waals surface area contributed by atoms with Crippen LogP contribution < -0.4 is 10.6 Å². The molecular formula is C15H24N4O. The molecule has 0 aromatic carbocycles. The van der Waals surface area contributed by atoms with Gasteiger partial charge in [0, 0.05) is 19.6 Å². The van der Waals surface area contributed by atoms with E-state index < -0.39 is 5.60 Å². The lowest BCUT2D eigenvalue weighted by molar-refractivity contribution is -0.0111. The first-order valence-electron chi connectivity index (χ1n) is 7.56. The van der Waals surface area contributed by atoms with Crippen LogP contribution in [0.3, 0.4) is 0 Å². The van der Waals surface area contributed by atoms with Crippen LogP contribution in [-0.2, 0) is 0 Å². The topological polar surface area (TPSA) is 65.6 Å². The van der Waals surface area contributed by atoms with Gasteiger partial charge >= 0.3 is 0 Å². The molecule has 1 aromatic heterocycles. The number of piperidine rings is 1. The minimum absolute atomic E-state index is 0.512. The molecule has 0 aliphatic carbocycles. The third-order valence-electron chi connectivity index (χ3n) is 4.55. The number of pyridine rings is 1. The summed E-state index contributed by atoms with van der Waals surface area (Å²) in [6.45, 7) is 4.90. The Hall–Kier alpha value is -1.33. The van der Waals surface area contributed by atoms with Gasteiger partial charge in [0.1, 0.15) is 5.82 Å². The molecule has 0 spiro atoms. The van der Waals surface area contributed by atoms with Crippen molar-refractivity contribution in [2.75, 3.05) is 43.4 Å². The zero-order valence-corrected chi connectivity index (χ0v) is 12.0. The first kappa shape index (κ1) is 13.6. The monoisotopic (exact) mass is 276 g/mol. The Labute approximate surface area is 120 Å². The molecule has 0 bridgehead atoms. The average molecular weight is 276 g/mol. The molecule has 110 valence electrons. The van der Waals surface area contributed by atoms with Gasteiger partial charge < -0.3 is 20.6 Å². The summed E-state index contributed by atoms with van der Waals surface area (Å²) in [5, 5.41) is 10.7. The second-order valence-corrected chi connectivity index (χ2v) is 6.14. The minimum atomic E-state index is -0.512. The molecule has 2 fully saturated rings. The highest BCUT2D eigenvalue weighted by molar-refractivity contribution is 5.48. The lowest BCUT2D eigenvalue weighted by Crippen LogP contribution is -2.50. The first-order chi connectivity index (χ1) is 9.65. The molecule has 0 amide bonds. The largest absolute Gasteiger partial charge is 0.388 e. The predicted molar refractivity (Wildman–Crippen MR) is 80.7 cm³/mol. The average Bonchev–Trinajstić information content (AvgIpc) is 2.93. The van der Waals surface area contributed by atoms with E-state index in [-0.39, 0.29) is 0 Å². The Morgan fingerprint density at radius 1 is 1.15 bits per heavy atom. The van der Waals surface area contributed by atoms with Gasteiger partial charge in [-0.05, 0) is 50.9 Å². The van der Waals surface area contributed by atoms with Gasteiger partial charge in [0.2, 0.25) is 0 Å². The van der Waals surface area contributed by atoms with Crippen molar-refractivity contribution in [2.45, 2.75) is 31.3 Å². The lowest BCUT2D eigenvalue weighted by atomic mass is 9.90. The summed E-state index contributed by atoms with van der Waals surface area (Å²) in [6, 6.07) is 3.84. The highest BCUT2D eigenvalue weighted by Gasteiger charge is 2.34. The normalized spacial score (nSPS) is 23.1. The van der Waals surface area contributed by atoms with Crippen molar-refractivity contribution in [3.63, 3.8) is 0 Å². The zero-order valence-electron chi connectivity index (χ0n) is 12.0. The van der Waals surface area contributed by atoms with E-state index in [1.807, 2.05) is 18.3 Å². The number of nitrogen functional groups attached to an aromatic ring is 1. The standard InChI is InChI=1S/C15H24N4O/c16-14-4-3-13(11-17-14)19-9-5-15(20,6-10-19)12-18-7-1-2-8-18/h3-4,11,20H,1-2,5-10,12H2,(H2,16,17). The SMILES string of the molecule is Nc1ccc(N2CCC(O)(CN3CCCC3)CC2)cn1. The van der Waals surface area contributed by atoms with Gasteiger partial charge in [-0.15, -0.1) is 0 Å². The number of aliphatic hydroxyl groups is 1. The van der Waals surface area contributed by atoms with Gasteiger partial charge in [0.15, 0.2) is 0 Å². The zero-order chi connectivity index (χ0) is 14.0. The van der Waals surface area contributed by atoms with E-state index >= 15 is 0 Å². The fourth-order valence-corrected chi connectivity index (χ4v) is 3.28. The molecule has 0 radical (unpaired) electrons. The molecule has 1 aromatic rings. The molecule has 3 rings (SSSR count). The molecule has 2 saturated heterocycles. The molecule has 0 atom stereocenters. The minimum Gasteiger partial charge on any atom is -0.388 e. The maximum atomic E-state index is 10.7. The van der Waals surface area contributed by atoms with Crippen LogP contribution in [0.5, 0.6) is 0 Å². The molecule has 5 nitrogen and oxygen atoms in total. The molecular weight excluding hydrogens is 252 g/mol. The molecule has 5 heteroatoms. The quantitative estimate of drug-likeness (QED) is 0.865. The van der Waals surface area contributed by atoms with Crippen molar-refractivity contribution >= 4 is 11.5 Å². The van der Waals surface area contributed by atoms with Crippen molar-refractivity contribution < 1.29 is 5.11 Å². The number of hydrogen-bond donors (Lipinski definition) is 2. The van der Waals surface area contributed by atoms with Gasteiger partial charge in [0.05, 0.1) is 17.5 Å². The number of likely N-dealkylation sites (tertiary alicyclic amines) is 1. The van der Waals surface area contributed by atoms with E-state index in [9.17, 15) is 5.11 Å². The third-order valence-corrected chi connectivity index (χ3v) is 4.55. The Morgan fingerprint density at radius 3 is 2.45 bits per heavy atom. The van der Waals surface area contributed by atoms with Crippen LogP contribution in [0.15, 0.2) is 18.3 Å². The van der Waals surface area contributed by atoms with E-state index in [0.29, 0.717) is 5.82 Å². The number of hydrogen-bond acceptors (Lipinski definition) is 5. The number of aromatic nitrogens is 1. The fraction of sp³-hybridized carbons (Fsp3) is 0.667. The summed E-state index contributed by atoms with van der Waals surface area (Å²) in [6.07, 6.45) is 6.03. The second-order valence-electron chi connectivity index (χ2n) is 6.14.